The van der Waals surface area contributed by atoms with E-state index in [9.17, 15) is 4.79 Å². The summed E-state index contributed by atoms with van der Waals surface area (Å²) in [4.78, 5) is 15.8. The number of ether oxygens (including phenoxy) is 1. The Balaban J connectivity index is 1.90. The number of rotatable bonds is 4. The molecule has 2 N–H and O–H groups in total. The molecule has 0 saturated heterocycles. The van der Waals surface area contributed by atoms with Gasteiger partial charge in [0.15, 0.2) is 0 Å². The van der Waals surface area contributed by atoms with Gasteiger partial charge in [0.25, 0.3) is 0 Å². The summed E-state index contributed by atoms with van der Waals surface area (Å²) in [5.41, 5.74) is 1.97. The van der Waals surface area contributed by atoms with Gasteiger partial charge in [-0.15, -0.1) is 0 Å². The molecule has 0 saturated carbocycles. The predicted octanol–water partition coefficient (Wildman–Crippen LogP) is 3.19. The van der Waals surface area contributed by atoms with Crippen LogP contribution < -0.4 is 15.4 Å². The molecule has 0 fully saturated rings. The SMILES string of the molecule is COc1cccc(/C=C/NC(=O)Nc2cc(C)ccn2)c1. The van der Waals surface area contributed by atoms with E-state index in [0.29, 0.717) is 5.82 Å². The molecule has 0 aliphatic rings. The summed E-state index contributed by atoms with van der Waals surface area (Å²) in [7, 11) is 1.61. The monoisotopic (exact) mass is 283 g/mol. The van der Waals surface area contributed by atoms with Gasteiger partial charge < -0.3 is 10.1 Å². The van der Waals surface area contributed by atoms with E-state index in [1.54, 1.807) is 31.6 Å². The van der Waals surface area contributed by atoms with Crippen LogP contribution in [0.25, 0.3) is 6.08 Å². The first-order valence-electron chi connectivity index (χ1n) is 6.48. The fraction of sp³-hybridized carbons (Fsp3) is 0.125. The highest BCUT2D eigenvalue weighted by Gasteiger charge is 2.00. The van der Waals surface area contributed by atoms with Gasteiger partial charge in [-0.25, -0.2) is 9.78 Å². The number of carbonyl (C=O) groups is 1. The van der Waals surface area contributed by atoms with E-state index in [0.717, 1.165) is 16.9 Å². The number of benzene rings is 1. The van der Waals surface area contributed by atoms with E-state index in [2.05, 4.69) is 15.6 Å². The summed E-state index contributed by atoms with van der Waals surface area (Å²) in [6.45, 7) is 1.94. The molecule has 2 amide bonds. The van der Waals surface area contributed by atoms with Crippen molar-refractivity contribution in [3.8, 4) is 5.75 Å². The van der Waals surface area contributed by atoms with Gasteiger partial charge in [-0.05, 0) is 48.4 Å². The maximum absolute atomic E-state index is 11.7. The third-order valence-electron chi connectivity index (χ3n) is 2.74. The minimum Gasteiger partial charge on any atom is -0.497 e. The van der Waals surface area contributed by atoms with Gasteiger partial charge >= 0.3 is 6.03 Å². The van der Waals surface area contributed by atoms with Crippen molar-refractivity contribution >= 4 is 17.9 Å². The van der Waals surface area contributed by atoms with Crippen LogP contribution in [0.1, 0.15) is 11.1 Å². The zero-order valence-corrected chi connectivity index (χ0v) is 12.0. The van der Waals surface area contributed by atoms with Gasteiger partial charge in [0.05, 0.1) is 7.11 Å². The van der Waals surface area contributed by atoms with Crippen LogP contribution in [0.4, 0.5) is 10.6 Å². The van der Waals surface area contributed by atoms with E-state index < -0.39 is 0 Å². The van der Waals surface area contributed by atoms with E-state index in [1.807, 2.05) is 37.3 Å². The molecule has 0 aliphatic carbocycles. The maximum Gasteiger partial charge on any atom is 0.324 e. The molecule has 21 heavy (non-hydrogen) atoms. The predicted molar refractivity (Wildman–Crippen MR) is 83.2 cm³/mol. The number of aryl methyl sites for hydroxylation is 1. The highest BCUT2D eigenvalue weighted by molar-refractivity contribution is 5.89. The minimum atomic E-state index is -0.341. The highest BCUT2D eigenvalue weighted by atomic mass is 16.5. The third kappa shape index (κ3) is 4.65. The molecule has 0 radical (unpaired) electrons. The Bertz CT molecular complexity index is 653. The van der Waals surface area contributed by atoms with Crippen molar-refractivity contribution in [2.45, 2.75) is 6.92 Å². The smallest absolute Gasteiger partial charge is 0.324 e. The Hall–Kier alpha value is -2.82. The van der Waals surface area contributed by atoms with Crippen LogP contribution in [0.15, 0.2) is 48.8 Å². The number of nitrogens with one attached hydrogen (secondary N) is 2. The second-order valence-electron chi connectivity index (χ2n) is 4.43. The quantitative estimate of drug-likeness (QED) is 0.905. The van der Waals surface area contributed by atoms with Gasteiger partial charge in [-0.1, -0.05) is 12.1 Å². The molecule has 0 aliphatic heterocycles. The number of carbonyl (C=O) groups excluding carboxylic acids is 1. The molecule has 0 bridgehead atoms. The number of methoxy groups -OCH3 is 1. The Kier molecular flexibility index (Phi) is 4.93. The first-order chi connectivity index (χ1) is 10.2. The van der Waals surface area contributed by atoms with E-state index in [1.165, 1.54) is 0 Å². The lowest BCUT2D eigenvalue weighted by atomic mass is 10.2. The first-order valence-corrected chi connectivity index (χ1v) is 6.48. The number of aromatic nitrogens is 1. The first kappa shape index (κ1) is 14.6. The molecule has 1 heterocycles. The molecule has 1 aromatic heterocycles. The summed E-state index contributed by atoms with van der Waals surface area (Å²) in [5, 5.41) is 5.28. The van der Waals surface area contributed by atoms with Crippen molar-refractivity contribution in [3.05, 3.63) is 59.9 Å². The van der Waals surface area contributed by atoms with Gasteiger partial charge in [0.2, 0.25) is 0 Å². The normalized spacial score (nSPS) is 10.4. The molecular formula is C16H17N3O2. The number of amides is 2. The number of hydrogen-bond acceptors (Lipinski definition) is 3. The van der Waals surface area contributed by atoms with Crippen molar-refractivity contribution in [1.82, 2.24) is 10.3 Å². The molecule has 5 nitrogen and oxygen atoms in total. The molecule has 0 spiro atoms. The minimum absolute atomic E-state index is 0.341. The van der Waals surface area contributed by atoms with E-state index >= 15 is 0 Å². The summed E-state index contributed by atoms with van der Waals surface area (Å²) < 4.78 is 5.13. The number of pyridine rings is 1. The number of urea groups is 1. The van der Waals surface area contributed by atoms with Gasteiger partial charge in [-0.3, -0.25) is 5.32 Å². The van der Waals surface area contributed by atoms with Crippen LogP contribution in [0, 0.1) is 6.92 Å². The highest BCUT2D eigenvalue weighted by Crippen LogP contribution is 2.13. The Morgan fingerprint density at radius 2 is 2.14 bits per heavy atom. The van der Waals surface area contributed by atoms with Crippen molar-refractivity contribution < 1.29 is 9.53 Å². The van der Waals surface area contributed by atoms with Gasteiger partial charge in [0, 0.05) is 12.4 Å². The lowest BCUT2D eigenvalue weighted by Gasteiger charge is -2.04. The van der Waals surface area contributed by atoms with Crippen molar-refractivity contribution in [2.75, 3.05) is 12.4 Å². The zero-order chi connectivity index (χ0) is 15.1. The molecule has 0 atom stereocenters. The number of hydrogen-bond donors (Lipinski definition) is 2. The van der Waals surface area contributed by atoms with Crippen molar-refractivity contribution in [2.24, 2.45) is 0 Å². The molecule has 108 valence electrons. The average Bonchev–Trinajstić information content (AvgIpc) is 2.47. The molecule has 0 unspecified atom stereocenters. The molecular weight excluding hydrogens is 266 g/mol. The summed E-state index contributed by atoms with van der Waals surface area (Å²) >= 11 is 0. The third-order valence-corrected chi connectivity index (χ3v) is 2.74. The largest absolute Gasteiger partial charge is 0.497 e. The Morgan fingerprint density at radius 1 is 1.29 bits per heavy atom. The van der Waals surface area contributed by atoms with Crippen LogP contribution in [0.3, 0.4) is 0 Å². The van der Waals surface area contributed by atoms with Gasteiger partial charge in [-0.2, -0.15) is 0 Å². The van der Waals surface area contributed by atoms with Crippen LogP contribution in [-0.2, 0) is 0 Å². The van der Waals surface area contributed by atoms with Crippen LogP contribution in [-0.4, -0.2) is 18.1 Å². The fourth-order valence-corrected chi connectivity index (χ4v) is 1.72. The van der Waals surface area contributed by atoms with Crippen LogP contribution in [0.2, 0.25) is 0 Å². The second-order valence-corrected chi connectivity index (χ2v) is 4.43. The standard InChI is InChI=1S/C16H17N3O2/c1-12-6-8-17-15(10-12)19-16(20)18-9-7-13-4-3-5-14(11-13)21-2/h3-11H,1-2H3,(H2,17,18,19,20)/b9-7+. The molecule has 5 heteroatoms. The van der Waals surface area contributed by atoms with Crippen LogP contribution in [0.5, 0.6) is 5.75 Å². The van der Waals surface area contributed by atoms with E-state index in [-0.39, 0.29) is 6.03 Å². The Morgan fingerprint density at radius 3 is 2.90 bits per heavy atom. The van der Waals surface area contributed by atoms with E-state index in [4.69, 9.17) is 4.74 Å². The topological polar surface area (TPSA) is 63.2 Å². The zero-order valence-electron chi connectivity index (χ0n) is 12.0. The average molecular weight is 283 g/mol. The molecule has 2 rings (SSSR count). The van der Waals surface area contributed by atoms with Crippen molar-refractivity contribution in [3.63, 3.8) is 0 Å². The number of anilines is 1. The van der Waals surface area contributed by atoms with Crippen molar-refractivity contribution in [1.29, 1.82) is 0 Å². The summed E-state index contributed by atoms with van der Waals surface area (Å²) in [6, 6.07) is 10.9. The Labute approximate surface area is 123 Å². The maximum atomic E-state index is 11.7. The summed E-state index contributed by atoms with van der Waals surface area (Å²) in [6.07, 6.45) is 5.00. The number of nitrogens with zero attached hydrogens (tertiary/aromatic N) is 1. The lowest BCUT2D eigenvalue weighted by molar-refractivity contribution is 0.255. The van der Waals surface area contributed by atoms with Gasteiger partial charge in [0.1, 0.15) is 11.6 Å². The lowest BCUT2D eigenvalue weighted by Crippen LogP contribution is -2.24. The summed E-state index contributed by atoms with van der Waals surface area (Å²) in [5.74, 6) is 1.29. The van der Waals surface area contributed by atoms with Crippen LogP contribution >= 0.6 is 0 Å². The molecule has 2 aromatic rings. The molecule has 1 aromatic carbocycles. The second kappa shape index (κ2) is 7.09. The fourth-order valence-electron chi connectivity index (χ4n) is 1.72.